The van der Waals surface area contributed by atoms with Crippen LogP contribution in [0.5, 0.6) is 0 Å². The van der Waals surface area contributed by atoms with Crippen LogP contribution in [0.1, 0.15) is 45.3 Å². The Labute approximate surface area is 181 Å². The molecule has 1 heterocycles. The molecule has 31 heavy (non-hydrogen) atoms. The van der Waals surface area contributed by atoms with Crippen LogP contribution in [0, 0.1) is 0 Å². The number of amides is 1. The minimum Gasteiger partial charge on any atom is -0.408 e. The highest BCUT2D eigenvalue weighted by atomic mass is 32.2. The maximum atomic E-state index is 12.8. The van der Waals surface area contributed by atoms with Crippen molar-refractivity contribution in [2.24, 2.45) is 0 Å². The summed E-state index contributed by atoms with van der Waals surface area (Å²) in [5.41, 5.74) is 1.72. The smallest absolute Gasteiger partial charge is 0.408 e. The molecule has 0 saturated heterocycles. The van der Waals surface area contributed by atoms with E-state index in [0.717, 1.165) is 5.56 Å². The minimum atomic E-state index is -3.54. The normalized spacial score (nSPS) is 14.0. The number of aromatic nitrogens is 1. The molecule has 3 aromatic rings. The highest BCUT2D eigenvalue weighted by molar-refractivity contribution is 7.89. The number of carbonyl (C=O) groups is 1. The number of para-hydroxylation sites is 2. The monoisotopic (exact) mass is 445 g/mol. The Hall–Kier alpha value is -2.91. The first-order valence-corrected chi connectivity index (χ1v) is 11.6. The number of oxazole rings is 1. The van der Waals surface area contributed by atoms with Gasteiger partial charge in [0.05, 0.1) is 16.5 Å². The van der Waals surface area contributed by atoms with Gasteiger partial charge >= 0.3 is 5.76 Å². The Morgan fingerprint density at radius 1 is 1.06 bits per heavy atom. The number of rotatable bonds is 8. The second-order valence-corrected chi connectivity index (χ2v) is 9.21. The van der Waals surface area contributed by atoms with Crippen LogP contribution in [0.2, 0.25) is 0 Å². The molecule has 0 spiro atoms. The fraction of sp³-hybridized carbons (Fsp3) is 0.364. The molecule has 1 amide bonds. The van der Waals surface area contributed by atoms with Crippen molar-refractivity contribution >= 4 is 27.0 Å². The van der Waals surface area contributed by atoms with Gasteiger partial charge in [0.2, 0.25) is 15.9 Å². The van der Waals surface area contributed by atoms with Crippen molar-refractivity contribution in [3.05, 3.63) is 64.6 Å². The number of nitrogens with one attached hydrogen (secondary N) is 1. The molecule has 2 aromatic carbocycles. The van der Waals surface area contributed by atoms with E-state index in [1.165, 1.54) is 8.87 Å². The highest BCUT2D eigenvalue weighted by Gasteiger charge is 2.24. The van der Waals surface area contributed by atoms with Crippen LogP contribution in [-0.2, 0) is 14.8 Å². The number of carbonyl (C=O) groups excluding carboxylic acids is 1. The average molecular weight is 446 g/mol. The zero-order chi connectivity index (χ0) is 22.8. The molecule has 3 rings (SSSR count). The minimum absolute atomic E-state index is 0.211. The molecule has 0 unspecified atom stereocenters. The summed E-state index contributed by atoms with van der Waals surface area (Å²) in [6.07, 6.45) is 0. The van der Waals surface area contributed by atoms with Crippen LogP contribution in [0.15, 0.2) is 62.6 Å². The first kappa shape index (κ1) is 22.8. The summed E-state index contributed by atoms with van der Waals surface area (Å²) in [6.45, 7) is 7.81. The van der Waals surface area contributed by atoms with Gasteiger partial charge in [0.25, 0.3) is 0 Å². The quantitative estimate of drug-likeness (QED) is 0.574. The van der Waals surface area contributed by atoms with Crippen molar-refractivity contribution in [2.45, 2.75) is 44.7 Å². The first-order chi connectivity index (χ1) is 14.7. The van der Waals surface area contributed by atoms with Crippen LogP contribution in [-0.4, -0.2) is 36.3 Å². The van der Waals surface area contributed by atoms with Gasteiger partial charge in [-0.1, -0.05) is 38.1 Å². The number of hydrogen-bond donors (Lipinski definition) is 1. The predicted molar refractivity (Wildman–Crippen MR) is 118 cm³/mol. The Kier molecular flexibility index (Phi) is 6.66. The molecule has 0 bridgehead atoms. The van der Waals surface area contributed by atoms with E-state index in [2.05, 4.69) is 5.32 Å². The summed E-state index contributed by atoms with van der Waals surface area (Å²) in [4.78, 5) is 25.2. The van der Waals surface area contributed by atoms with Gasteiger partial charge in [-0.3, -0.25) is 9.36 Å². The Morgan fingerprint density at radius 3 is 2.29 bits per heavy atom. The van der Waals surface area contributed by atoms with Gasteiger partial charge in [0, 0.05) is 13.1 Å². The fourth-order valence-electron chi connectivity index (χ4n) is 3.53. The lowest BCUT2D eigenvalue weighted by Gasteiger charge is -2.20. The molecular formula is C22H27N3O5S. The molecule has 0 aliphatic carbocycles. The van der Waals surface area contributed by atoms with E-state index in [1.54, 1.807) is 76.2 Å². The molecule has 0 radical (unpaired) electrons. The lowest BCUT2D eigenvalue weighted by molar-refractivity contribution is -0.124. The number of hydrogen-bond acceptors (Lipinski definition) is 5. The topological polar surface area (TPSA) is 102 Å². The average Bonchev–Trinajstić information content (AvgIpc) is 3.09. The van der Waals surface area contributed by atoms with E-state index in [-0.39, 0.29) is 16.8 Å². The number of benzene rings is 2. The zero-order valence-corrected chi connectivity index (χ0v) is 18.8. The summed E-state index contributed by atoms with van der Waals surface area (Å²) in [7, 11) is -3.54. The number of sulfonamides is 1. The van der Waals surface area contributed by atoms with Crippen LogP contribution >= 0.6 is 0 Å². The highest BCUT2D eigenvalue weighted by Crippen LogP contribution is 2.21. The first-order valence-electron chi connectivity index (χ1n) is 10.2. The molecule has 1 N–H and O–H groups in total. The van der Waals surface area contributed by atoms with Gasteiger partial charge in [-0.05, 0) is 43.7 Å². The van der Waals surface area contributed by atoms with Gasteiger partial charge in [-0.15, -0.1) is 0 Å². The molecule has 2 atom stereocenters. The second kappa shape index (κ2) is 9.07. The summed E-state index contributed by atoms with van der Waals surface area (Å²) in [5, 5.41) is 2.88. The van der Waals surface area contributed by atoms with Crippen LogP contribution in [0.3, 0.4) is 0 Å². The maximum absolute atomic E-state index is 12.8. The lowest BCUT2D eigenvalue weighted by atomic mass is 10.1. The van der Waals surface area contributed by atoms with Crippen LogP contribution in [0.25, 0.3) is 11.1 Å². The molecule has 0 fully saturated rings. The fourth-order valence-corrected chi connectivity index (χ4v) is 4.98. The van der Waals surface area contributed by atoms with E-state index < -0.39 is 21.8 Å². The standard InChI is InChI=1S/C22H27N3O5S/c1-5-24(6-2)31(28,29)18-13-11-17(12-14-18)15(3)23-21(26)16(4)25-19-9-7-8-10-20(19)30-22(25)27/h7-16H,5-6H2,1-4H3,(H,23,26)/t15-,16-/m0/s1. The molecule has 0 saturated carbocycles. The third-order valence-electron chi connectivity index (χ3n) is 5.37. The summed E-state index contributed by atoms with van der Waals surface area (Å²) in [6, 6.07) is 12.2. The predicted octanol–water partition coefficient (Wildman–Crippen LogP) is 3.06. The van der Waals surface area contributed by atoms with E-state index in [9.17, 15) is 18.0 Å². The maximum Gasteiger partial charge on any atom is 0.420 e. The van der Waals surface area contributed by atoms with Gasteiger partial charge < -0.3 is 9.73 Å². The number of fused-ring (bicyclic) bond motifs is 1. The zero-order valence-electron chi connectivity index (χ0n) is 18.0. The van der Waals surface area contributed by atoms with Crippen molar-refractivity contribution in [3.63, 3.8) is 0 Å². The largest absolute Gasteiger partial charge is 0.420 e. The molecule has 1 aromatic heterocycles. The third-order valence-corrected chi connectivity index (χ3v) is 7.43. The SMILES string of the molecule is CCN(CC)S(=O)(=O)c1ccc([C@H](C)NC(=O)[C@H](C)n2c(=O)oc3ccccc32)cc1. The van der Waals surface area contributed by atoms with Gasteiger partial charge in [-0.25, -0.2) is 13.2 Å². The van der Waals surface area contributed by atoms with Crippen molar-refractivity contribution in [1.29, 1.82) is 0 Å². The van der Waals surface area contributed by atoms with E-state index in [0.29, 0.717) is 24.2 Å². The summed E-state index contributed by atoms with van der Waals surface area (Å²) in [5.74, 6) is -0.941. The molecule has 166 valence electrons. The van der Waals surface area contributed by atoms with Crippen molar-refractivity contribution in [2.75, 3.05) is 13.1 Å². The van der Waals surface area contributed by atoms with Crippen molar-refractivity contribution in [1.82, 2.24) is 14.2 Å². The van der Waals surface area contributed by atoms with E-state index in [1.807, 2.05) is 0 Å². The number of nitrogens with zero attached hydrogens (tertiary/aromatic N) is 2. The Morgan fingerprint density at radius 2 is 1.68 bits per heavy atom. The lowest BCUT2D eigenvalue weighted by Crippen LogP contribution is -2.35. The van der Waals surface area contributed by atoms with Crippen molar-refractivity contribution in [3.8, 4) is 0 Å². The third kappa shape index (κ3) is 4.42. The van der Waals surface area contributed by atoms with Crippen molar-refractivity contribution < 1.29 is 17.6 Å². The second-order valence-electron chi connectivity index (χ2n) is 7.27. The molecule has 9 heteroatoms. The summed E-state index contributed by atoms with van der Waals surface area (Å²) >= 11 is 0. The summed E-state index contributed by atoms with van der Waals surface area (Å²) < 4.78 is 33.2. The van der Waals surface area contributed by atoms with Crippen LogP contribution < -0.4 is 11.1 Å². The molecule has 0 aliphatic rings. The van der Waals surface area contributed by atoms with E-state index >= 15 is 0 Å². The van der Waals surface area contributed by atoms with Gasteiger partial charge in [0.1, 0.15) is 6.04 Å². The molecule has 0 aliphatic heterocycles. The van der Waals surface area contributed by atoms with Crippen LogP contribution in [0.4, 0.5) is 0 Å². The Balaban J connectivity index is 1.76. The van der Waals surface area contributed by atoms with Gasteiger partial charge in [0.15, 0.2) is 5.58 Å². The van der Waals surface area contributed by atoms with E-state index in [4.69, 9.17) is 4.42 Å². The Bertz CT molecular complexity index is 1220. The molecular weight excluding hydrogens is 418 g/mol. The van der Waals surface area contributed by atoms with Gasteiger partial charge in [-0.2, -0.15) is 4.31 Å². The molecule has 8 nitrogen and oxygen atoms in total.